The fourth-order valence-corrected chi connectivity index (χ4v) is 11.2. The summed E-state index contributed by atoms with van der Waals surface area (Å²) >= 11 is 1.59. The van der Waals surface area contributed by atoms with Crippen molar-refractivity contribution in [1.29, 1.82) is 0 Å². The molecule has 2 aromatic carbocycles. The van der Waals surface area contributed by atoms with Crippen LogP contribution in [0.5, 0.6) is 0 Å². The maximum Gasteiger partial charge on any atom is 0.261 e. The Hall–Kier alpha value is -2.28. The highest BCUT2D eigenvalue weighted by Crippen LogP contribution is 2.39. The van der Waals surface area contributed by atoms with Gasteiger partial charge < -0.3 is 9.33 Å². The molecule has 0 radical (unpaired) electrons. The summed E-state index contributed by atoms with van der Waals surface area (Å²) in [6.45, 7) is 8.59. The monoisotopic (exact) mass is 504 g/mol. The molecule has 1 aromatic heterocycles. The van der Waals surface area contributed by atoms with Gasteiger partial charge in [0.25, 0.3) is 8.32 Å². The summed E-state index contributed by atoms with van der Waals surface area (Å²) in [5.41, 5.74) is 0.660. The lowest BCUT2D eigenvalue weighted by Gasteiger charge is -2.49. The van der Waals surface area contributed by atoms with E-state index in [1.54, 1.807) is 11.3 Å². The highest BCUT2D eigenvalue weighted by molar-refractivity contribution is 7.14. The van der Waals surface area contributed by atoms with Crippen molar-refractivity contribution in [2.45, 2.75) is 64.0 Å². The fourth-order valence-electron chi connectivity index (χ4n) is 5.71. The van der Waals surface area contributed by atoms with Crippen molar-refractivity contribution < 1.29 is 9.22 Å². The average molecular weight is 505 g/mol. The van der Waals surface area contributed by atoms with E-state index in [9.17, 15) is 4.79 Å². The minimum atomic E-state index is -2.55. The van der Waals surface area contributed by atoms with Crippen molar-refractivity contribution in [3.05, 3.63) is 71.7 Å². The van der Waals surface area contributed by atoms with E-state index in [-0.39, 0.29) is 22.8 Å². The molecule has 2 fully saturated rings. The second-order valence-corrected chi connectivity index (χ2v) is 16.1. The molecular formula is C29H36N2O2SSi. The Labute approximate surface area is 214 Å². The molecule has 4 nitrogen and oxygen atoms in total. The molecule has 0 N–H and O–H groups in total. The van der Waals surface area contributed by atoms with Gasteiger partial charge >= 0.3 is 0 Å². The number of Topliss-reactive ketones (excluding diaryl/α,β-unsaturated/α-hetero) is 1. The number of rotatable bonds is 7. The molecule has 1 aliphatic carbocycles. The summed E-state index contributed by atoms with van der Waals surface area (Å²) in [6.07, 6.45) is 5.77. The summed E-state index contributed by atoms with van der Waals surface area (Å²) in [7, 11) is -2.55. The summed E-state index contributed by atoms with van der Waals surface area (Å²) in [5, 5.41) is 5.50. The third-order valence-corrected chi connectivity index (χ3v) is 13.6. The van der Waals surface area contributed by atoms with Crippen LogP contribution in [0.4, 0.5) is 5.13 Å². The molecule has 184 valence electrons. The zero-order chi connectivity index (χ0) is 24.5. The first-order valence-electron chi connectivity index (χ1n) is 12.9. The molecule has 0 amide bonds. The van der Waals surface area contributed by atoms with E-state index in [2.05, 4.69) is 86.3 Å². The van der Waals surface area contributed by atoms with Gasteiger partial charge in [0, 0.05) is 24.4 Å². The number of hydrogen-bond donors (Lipinski definition) is 0. The van der Waals surface area contributed by atoms with Gasteiger partial charge in [-0.3, -0.25) is 4.79 Å². The maximum absolute atomic E-state index is 12.9. The zero-order valence-electron chi connectivity index (χ0n) is 21.1. The molecule has 1 aliphatic heterocycles. The van der Waals surface area contributed by atoms with Crippen molar-refractivity contribution in [3.8, 4) is 0 Å². The van der Waals surface area contributed by atoms with E-state index in [0.717, 1.165) is 31.1 Å². The number of ketones is 1. The normalized spacial score (nSPS) is 17.9. The molecule has 2 heterocycles. The van der Waals surface area contributed by atoms with Crippen molar-refractivity contribution >= 4 is 40.9 Å². The Kier molecular flexibility index (Phi) is 6.97. The highest BCUT2D eigenvalue weighted by Gasteiger charge is 2.52. The molecular weight excluding hydrogens is 468 g/mol. The third kappa shape index (κ3) is 4.76. The molecule has 5 rings (SSSR count). The first-order chi connectivity index (χ1) is 16.9. The van der Waals surface area contributed by atoms with Gasteiger partial charge in [0.15, 0.2) is 10.9 Å². The van der Waals surface area contributed by atoms with Crippen LogP contribution in [0.15, 0.2) is 66.0 Å². The average Bonchev–Trinajstić information content (AvgIpc) is 3.33. The number of thiazole rings is 1. The van der Waals surface area contributed by atoms with E-state index >= 15 is 0 Å². The second kappa shape index (κ2) is 10.00. The van der Waals surface area contributed by atoms with Crippen molar-refractivity contribution in [2.24, 2.45) is 5.92 Å². The number of hydrogen-bond acceptors (Lipinski definition) is 5. The summed E-state index contributed by atoms with van der Waals surface area (Å²) in [6, 6.07) is 21.6. The number of anilines is 1. The molecule has 0 spiro atoms. The van der Waals surface area contributed by atoms with Gasteiger partial charge in [-0.15, -0.1) is 11.3 Å². The van der Waals surface area contributed by atoms with Crippen LogP contribution in [0.3, 0.4) is 0 Å². The number of aromatic nitrogens is 1. The number of carbonyl (C=O) groups excluding carboxylic acids is 1. The first-order valence-corrected chi connectivity index (χ1v) is 15.7. The zero-order valence-corrected chi connectivity index (χ0v) is 22.9. The quantitative estimate of drug-likeness (QED) is 0.307. The number of carbonyl (C=O) groups is 1. The van der Waals surface area contributed by atoms with Crippen LogP contribution in [0.1, 0.15) is 63.4 Å². The van der Waals surface area contributed by atoms with Crippen molar-refractivity contribution in [3.63, 3.8) is 0 Å². The van der Waals surface area contributed by atoms with Crippen LogP contribution in [-0.2, 0) is 4.43 Å². The maximum atomic E-state index is 12.9. The van der Waals surface area contributed by atoms with E-state index in [1.165, 1.54) is 29.6 Å². The van der Waals surface area contributed by atoms with Crippen LogP contribution >= 0.6 is 11.3 Å². The Balaban J connectivity index is 1.34. The molecule has 3 aromatic rings. The molecule has 1 saturated carbocycles. The van der Waals surface area contributed by atoms with Crippen LogP contribution in [0, 0.1) is 5.92 Å². The van der Waals surface area contributed by atoms with Gasteiger partial charge in [-0.05, 0) is 28.3 Å². The third-order valence-electron chi connectivity index (χ3n) is 7.60. The van der Waals surface area contributed by atoms with E-state index in [4.69, 9.17) is 9.41 Å². The largest absolute Gasteiger partial charge is 0.401 e. The predicted molar refractivity (Wildman–Crippen MR) is 148 cm³/mol. The van der Waals surface area contributed by atoms with Crippen LogP contribution in [0.25, 0.3) is 0 Å². The van der Waals surface area contributed by atoms with E-state index in [1.807, 2.05) is 5.38 Å². The molecule has 6 heteroatoms. The summed E-state index contributed by atoms with van der Waals surface area (Å²) in [4.78, 5) is 19.9. The fraction of sp³-hybridized carbons (Fsp3) is 0.448. The number of nitrogens with zero attached hydrogens (tertiary/aromatic N) is 2. The van der Waals surface area contributed by atoms with E-state index in [0.29, 0.717) is 5.69 Å². The Morgan fingerprint density at radius 3 is 2.06 bits per heavy atom. The minimum Gasteiger partial charge on any atom is -0.401 e. The minimum absolute atomic E-state index is 0.0309. The molecule has 0 unspecified atom stereocenters. The van der Waals surface area contributed by atoms with Gasteiger partial charge in [0.2, 0.25) is 0 Å². The Bertz CT molecular complexity index is 1090. The molecule has 1 saturated heterocycles. The van der Waals surface area contributed by atoms with Gasteiger partial charge in [-0.2, -0.15) is 0 Å². The van der Waals surface area contributed by atoms with Crippen LogP contribution in [0.2, 0.25) is 5.04 Å². The predicted octanol–water partition coefficient (Wildman–Crippen LogP) is 5.67. The summed E-state index contributed by atoms with van der Waals surface area (Å²) in [5.74, 6) is 0.411. The summed E-state index contributed by atoms with van der Waals surface area (Å²) < 4.78 is 7.22. The van der Waals surface area contributed by atoms with Gasteiger partial charge in [0.05, 0.1) is 6.10 Å². The number of benzene rings is 2. The molecule has 0 atom stereocenters. The highest BCUT2D eigenvalue weighted by atomic mass is 32.1. The Morgan fingerprint density at radius 1 is 0.943 bits per heavy atom. The lowest BCUT2D eigenvalue weighted by atomic mass is 9.85. The lowest BCUT2D eigenvalue weighted by Crippen LogP contribution is -2.70. The van der Waals surface area contributed by atoms with Crippen LogP contribution in [-0.4, -0.2) is 38.3 Å². The first kappa shape index (κ1) is 24.4. The van der Waals surface area contributed by atoms with E-state index < -0.39 is 8.32 Å². The van der Waals surface area contributed by atoms with Crippen molar-refractivity contribution in [2.75, 3.05) is 18.0 Å². The standard InChI is InChI=1S/C29H36N2O2SSi/c1-29(2,3)35(24-15-9-5-10-16-24,25-17-11-6-12-18-25)33-23-19-31(20-23)28-30-26(21-34-28)27(32)22-13-7-4-8-14-22/h5-6,9-12,15-18,21-23H,4,7-8,13-14,19-20H2,1-3H3. The van der Waals surface area contributed by atoms with Crippen LogP contribution < -0.4 is 15.3 Å². The Morgan fingerprint density at radius 2 is 1.51 bits per heavy atom. The topological polar surface area (TPSA) is 42.4 Å². The van der Waals surface area contributed by atoms with Gasteiger partial charge in [-0.25, -0.2) is 4.98 Å². The smallest absolute Gasteiger partial charge is 0.261 e. The second-order valence-electron chi connectivity index (χ2n) is 11.0. The molecule has 2 aliphatic rings. The van der Waals surface area contributed by atoms with Gasteiger partial charge in [0.1, 0.15) is 5.69 Å². The SMILES string of the molecule is CC(C)(C)[Si](OC1CN(c2nc(C(=O)C3CCCCC3)cs2)C1)(c1ccccc1)c1ccccc1. The molecule has 35 heavy (non-hydrogen) atoms. The van der Waals surface area contributed by atoms with Crippen molar-refractivity contribution in [1.82, 2.24) is 4.98 Å². The lowest BCUT2D eigenvalue weighted by molar-refractivity contribution is 0.0885. The van der Waals surface area contributed by atoms with Gasteiger partial charge in [-0.1, -0.05) is 101 Å². The molecule has 0 bridgehead atoms.